The smallest absolute Gasteiger partial charge is 0.317 e. The van der Waals surface area contributed by atoms with Crippen molar-refractivity contribution in [2.24, 2.45) is 0 Å². The van der Waals surface area contributed by atoms with Crippen LogP contribution in [-0.2, 0) is 4.79 Å². The molecule has 1 unspecified atom stereocenters. The lowest BCUT2D eigenvalue weighted by molar-refractivity contribution is -0.137. The molecule has 1 atom stereocenters. The number of carboxylic acids is 1. The predicted molar refractivity (Wildman–Crippen MR) is 76.3 cm³/mol. The van der Waals surface area contributed by atoms with E-state index >= 15 is 0 Å². The molecule has 0 aromatic rings. The van der Waals surface area contributed by atoms with Crippen LogP contribution in [0.25, 0.3) is 0 Å². The molecule has 0 fully saturated rings. The number of hydrogen-bond donors (Lipinski definition) is 2. The van der Waals surface area contributed by atoms with E-state index in [-0.39, 0.29) is 18.5 Å². The SMILES string of the molecule is CCC(C)N(CC)C(=O)NCCCCCCC(=O)O. The molecule has 2 N–H and O–H groups in total. The molecular weight excluding hydrogens is 244 g/mol. The Balaban J connectivity index is 3.64. The van der Waals surface area contributed by atoms with Crippen LogP contribution in [0.1, 0.15) is 59.3 Å². The van der Waals surface area contributed by atoms with E-state index in [1.807, 2.05) is 11.8 Å². The number of carboxylic acid groups (broad SMARTS) is 1. The largest absolute Gasteiger partial charge is 0.481 e. The third-order valence-corrected chi connectivity index (χ3v) is 3.32. The number of rotatable bonds is 10. The second kappa shape index (κ2) is 10.6. The van der Waals surface area contributed by atoms with Crippen molar-refractivity contribution in [3.8, 4) is 0 Å². The van der Waals surface area contributed by atoms with Gasteiger partial charge in [-0.25, -0.2) is 4.79 Å². The lowest BCUT2D eigenvalue weighted by Crippen LogP contribution is -2.44. The van der Waals surface area contributed by atoms with Crippen LogP contribution in [0.2, 0.25) is 0 Å². The van der Waals surface area contributed by atoms with E-state index in [1.165, 1.54) is 0 Å². The van der Waals surface area contributed by atoms with Gasteiger partial charge < -0.3 is 15.3 Å². The molecule has 112 valence electrons. The van der Waals surface area contributed by atoms with Gasteiger partial charge in [0.2, 0.25) is 0 Å². The quantitative estimate of drug-likeness (QED) is 0.601. The molecular formula is C14H28N2O3. The van der Waals surface area contributed by atoms with Crippen LogP contribution in [0, 0.1) is 0 Å². The molecule has 5 heteroatoms. The summed E-state index contributed by atoms with van der Waals surface area (Å²) in [5.74, 6) is -0.736. The van der Waals surface area contributed by atoms with E-state index in [4.69, 9.17) is 5.11 Å². The number of carbonyl (C=O) groups is 2. The molecule has 0 aromatic heterocycles. The summed E-state index contributed by atoms with van der Waals surface area (Å²) in [6.45, 7) is 7.49. The van der Waals surface area contributed by atoms with E-state index in [0.717, 1.165) is 38.6 Å². The zero-order valence-electron chi connectivity index (χ0n) is 12.4. The minimum atomic E-state index is -0.736. The first-order valence-electron chi connectivity index (χ1n) is 7.29. The number of amides is 2. The number of nitrogens with one attached hydrogen (secondary N) is 1. The third-order valence-electron chi connectivity index (χ3n) is 3.32. The fourth-order valence-electron chi connectivity index (χ4n) is 1.93. The maximum atomic E-state index is 11.9. The monoisotopic (exact) mass is 272 g/mol. The van der Waals surface area contributed by atoms with Crippen molar-refractivity contribution in [3.63, 3.8) is 0 Å². The highest BCUT2D eigenvalue weighted by atomic mass is 16.4. The fourth-order valence-corrected chi connectivity index (χ4v) is 1.93. The average molecular weight is 272 g/mol. The molecule has 0 spiro atoms. The van der Waals surface area contributed by atoms with Gasteiger partial charge in [-0.1, -0.05) is 19.8 Å². The van der Waals surface area contributed by atoms with Crippen LogP contribution in [0.4, 0.5) is 4.79 Å². The molecule has 0 bridgehead atoms. The van der Waals surface area contributed by atoms with Gasteiger partial charge in [0.1, 0.15) is 0 Å². The summed E-state index contributed by atoms with van der Waals surface area (Å²) in [4.78, 5) is 24.0. The summed E-state index contributed by atoms with van der Waals surface area (Å²) in [7, 11) is 0. The topological polar surface area (TPSA) is 69.6 Å². The fraction of sp³-hybridized carbons (Fsp3) is 0.857. The van der Waals surface area contributed by atoms with Gasteiger partial charge in [-0.2, -0.15) is 0 Å². The summed E-state index contributed by atoms with van der Waals surface area (Å²) >= 11 is 0. The Kier molecular flexibility index (Phi) is 9.94. The molecule has 19 heavy (non-hydrogen) atoms. The highest BCUT2D eigenvalue weighted by molar-refractivity contribution is 5.74. The summed E-state index contributed by atoms with van der Waals surface area (Å²) in [5, 5.41) is 11.4. The highest BCUT2D eigenvalue weighted by Crippen LogP contribution is 2.04. The predicted octanol–water partition coefficient (Wildman–Crippen LogP) is 2.85. The van der Waals surface area contributed by atoms with Gasteiger partial charge in [-0.15, -0.1) is 0 Å². The van der Waals surface area contributed by atoms with Gasteiger partial charge >= 0.3 is 12.0 Å². The van der Waals surface area contributed by atoms with Gasteiger partial charge in [0.05, 0.1) is 0 Å². The molecule has 0 aromatic carbocycles. The first-order valence-corrected chi connectivity index (χ1v) is 7.29. The Morgan fingerprint density at radius 3 is 2.32 bits per heavy atom. The van der Waals surface area contributed by atoms with E-state index in [1.54, 1.807) is 0 Å². The van der Waals surface area contributed by atoms with Crippen LogP contribution in [0.5, 0.6) is 0 Å². The number of unbranched alkanes of at least 4 members (excludes halogenated alkanes) is 3. The lowest BCUT2D eigenvalue weighted by Gasteiger charge is -2.27. The zero-order valence-corrected chi connectivity index (χ0v) is 12.4. The summed E-state index contributed by atoms with van der Waals surface area (Å²) in [6, 6.07) is 0.267. The minimum Gasteiger partial charge on any atom is -0.481 e. The summed E-state index contributed by atoms with van der Waals surface area (Å²) in [5.41, 5.74) is 0. The van der Waals surface area contributed by atoms with E-state index in [2.05, 4.69) is 19.2 Å². The second-order valence-electron chi connectivity index (χ2n) is 4.83. The van der Waals surface area contributed by atoms with Gasteiger partial charge in [-0.3, -0.25) is 4.79 Å². The molecule has 0 aliphatic carbocycles. The molecule has 2 amide bonds. The van der Waals surface area contributed by atoms with E-state index in [0.29, 0.717) is 6.54 Å². The van der Waals surface area contributed by atoms with Crippen molar-refractivity contribution < 1.29 is 14.7 Å². The van der Waals surface area contributed by atoms with Crippen LogP contribution < -0.4 is 5.32 Å². The standard InChI is InChI=1S/C14H28N2O3/c1-4-12(3)16(5-2)14(19)15-11-9-7-6-8-10-13(17)18/h12H,4-11H2,1-3H3,(H,15,19)(H,17,18). The zero-order chi connectivity index (χ0) is 14.7. The van der Waals surface area contributed by atoms with Gasteiger partial charge in [0, 0.05) is 25.6 Å². The Morgan fingerprint density at radius 1 is 1.16 bits per heavy atom. The van der Waals surface area contributed by atoms with Crippen LogP contribution in [0.3, 0.4) is 0 Å². The molecule has 0 saturated heterocycles. The molecule has 5 nitrogen and oxygen atoms in total. The molecule has 0 heterocycles. The Labute approximate surface area is 116 Å². The highest BCUT2D eigenvalue weighted by Gasteiger charge is 2.15. The maximum Gasteiger partial charge on any atom is 0.317 e. The molecule has 0 aliphatic rings. The Hall–Kier alpha value is -1.26. The van der Waals surface area contributed by atoms with Gasteiger partial charge in [0.15, 0.2) is 0 Å². The number of aliphatic carboxylic acids is 1. The Morgan fingerprint density at radius 2 is 1.79 bits per heavy atom. The first-order chi connectivity index (χ1) is 9.02. The van der Waals surface area contributed by atoms with Crippen LogP contribution in [-0.4, -0.2) is 41.1 Å². The summed E-state index contributed by atoms with van der Waals surface area (Å²) in [6.07, 6.45) is 4.69. The van der Waals surface area contributed by atoms with Crippen LogP contribution in [0.15, 0.2) is 0 Å². The van der Waals surface area contributed by atoms with Crippen molar-refractivity contribution in [2.75, 3.05) is 13.1 Å². The van der Waals surface area contributed by atoms with Crippen molar-refractivity contribution in [1.29, 1.82) is 0 Å². The first kappa shape index (κ1) is 17.7. The lowest BCUT2D eigenvalue weighted by atomic mass is 10.1. The number of urea groups is 1. The minimum absolute atomic E-state index is 0.00221. The van der Waals surface area contributed by atoms with Crippen LogP contribution >= 0.6 is 0 Å². The summed E-state index contributed by atoms with van der Waals surface area (Å²) < 4.78 is 0. The average Bonchev–Trinajstić information content (AvgIpc) is 2.37. The van der Waals surface area contributed by atoms with Crippen molar-refractivity contribution in [1.82, 2.24) is 10.2 Å². The molecule has 0 saturated carbocycles. The number of nitrogens with zero attached hydrogens (tertiary/aromatic N) is 1. The third kappa shape index (κ3) is 8.46. The van der Waals surface area contributed by atoms with E-state index in [9.17, 15) is 9.59 Å². The number of hydrogen-bond acceptors (Lipinski definition) is 2. The number of carbonyl (C=O) groups excluding carboxylic acids is 1. The normalized spacial score (nSPS) is 11.9. The molecule has 0 radical (unpaired) electrons. The van der Waals surface area contributed by atoms with Crippen molar-refractivity contribution >= 4 is 12.0 Å². The Bertz CT molecular complexity index is 269. The van der Waals surface area contributed by atoms with Gasteiger partial charge in [0.25, 0.3) is 0 Å². The van der Waals surface area contributed by atoms with Crippen molar-refractivity contribution in [2.45, 2.75) is 65.3 Å². The molecule has 0 aliphatic heterocycles. The molecule has 0 rings (SSSR count). The van der Waals surface area contributed by atoms with Gasteiger partial charge in [-0.05, 0) is 33.1 Å². The second-order valence-corrected chi connectivity index (χ2v) is 4.83. The van der Waals surface area contributed by atoms with E-state index < -0.39 is 5.97 Å². The maximum absolute atomic E-state index is 11.9. The van der Waals surface area contributed by atoms with Crippen molar-refractivity contribution in [3.05, 3.63) is 0 Å².